The number of hydrogen-bond donors (Lipinski definition) is 4. The fourth-order valence-corrected chi connectivity index (χ4v) is 1.63. The maximum absolute atomic E-state index is 9.60. The van der Waals surface area contributed by atoms with Gasteiger partial charge in [-0.05, 0) is 6.42 Å². The van der Waals surface area contributed by atoms with E-state index in [-0.39, 0.29) is 5.01 Å². The Bertz CT molecular complexity index is 214. The van der Waals surface area contributed by atoms with E-state index >= 15 is 0 Å². The molecule has 0 spiro atoms. The Balaban J connectivity index is 2.63. The van der Waals surface area contributed by atoms with Crippen LogP contribution in [0.3, 0.4) is 0 Å². The maximum Gasteiger partial charge on any atom is 0.188 e. The first-order valence-corrected chi connectivity index (χ1v) is 6.02. The van der Waals surface area contributed by atoms with Gasteiger partial charge in [0.25, 0.3) is 0 Å². The highest BCUT2D eigenvalue weighted by Crippen LogP contribution is 2.24. The molecule has 1 saturated heterocycles. The van der Waals surface area contributed by atoms with Gasteiger partial charge in [-0.25, -0.2) is 0 Å². The molecule has 6 atom stereocenters. The molecule has 1 heterocycles. The normalized spacial score (nSPS) is 42.0. The highest BCUT2D eigenvalue weighted by Gasteiger charge is 2.44. The van der Waals surface area contributed by atoms with Crippen LogP contribution in [0.25, 0.3) is 0 Å². The lowest BCUT2D eigenvalue weighted by Gasteiger charge is -2.40. The van der Waals surface area contributed by atoms with E-state index in [9.17, 15) is 15.3 Å². The van der Waals surface area contributed by atoms with Crippen LogP contribution in [0.2, 0.25) is 0 Å². The van der Waals surface area contributed by atoms with E-state index in [2.05, 4.69) is 15.9 Å². The molecule has 6 nitrogen and oxygen atoms in total. The van der Waals surface area contributed by atoms with Gasteiger partial charge < -0.3 is 29.9 Å². The Morgan fingerprint density at radius 3 is 2.38 bits per heavy atom. The summed E-state index contributed by atoms with van der Waals surface area (Å²) in [6.45, 7) is 1.41. The molecule has 1 aliphatic rings. The molecule has 0 aromatic rings. The first-order valence-electron chi connectivity index (χ1n) is 5.11. The summed E-state index contributed by atoms with van der Waals surface area (Å²) in [5.41, 5.74) is 0. The van der Waals surface area contributed by atoms with Crippen molar-refractivity contribution >= 4 is 15.9 Å². The molecule has 0 radical (unpaired) electrons. The lowest BCUT2D eigenvalue weighted by molar-refractivity contribution is -0.303. The van der Waals surface area contributed by atoms with E-state index in [1.807, 2.05) is 6.92 Å². The summed E-state index contributed by atoms with van der Waals surface area (Å²) >= 11 is 3.20. The molecule has 0 amide bonds. The minimum Gasteiger partial charge on any atom is -0.394 e. The van der Waals surface area contributed by atoms with E-state index in [4.69, 9.17) is 14.6 Å². The minimum absolute atomic E-state index is 0.325. The van der Waals surface area contributed by atoms with Crippen LogP contribution in [-0.4, -0.2) is 62.8 Å². The third-order valence-corrected chi connectivity index (χ3v) is 3.31. The highest BCUT2D eigenvalue weighted by atomic mass is 79.9. The standard InChI is InChI=1S/C9H17BrO6/c1-2-5(10)16-9-8(14)7(13)6(12)4(3-11)15-9/h4-9,11-14H,2-3H2,1H3/t4-,5?,6-,7+,8+,9?/m1/s1. The zero-order chi connectivity index (χ0) is 12.3. The Hall–Kier alpha value is 0.240. The number of hydrogen-bond acceptors (Lipinski definition) is 6. The van der Waals surface area contributed by atoms with Gasteiger partial charge in [0, 0.05) is 0 Å². The number of halogens is 1. The lowest BCUT2D eigenvalue weighted by Crippen LogP contribution is -2.59. The predicted octanol–water partition coefficient (Wildman–Crippen LogP) is -1.07. The maximum atomic E-state index is 9.60. The van der Waals surface area contributed by atoms with Gasteiger partial charge in [-0.2, -0.15) is 0 Å². The fraction of sp³-hybridized carbons (Fsp3) is 1.00. The van der Waals surface area contributed by atoms with Crippen molar-refractivity contribution < 1.29 is 29.9 Å². The van der Waals surface area contributed by atoms with Crippen molar-refractivity contribution in [3.8, 4) is 0 Å². The average molecular weight is 301 g/mol. The summed E-state index contributed by atoms with van der Waals surface area (Å²) in [4.78, 5) is 0. The van der Waals surface area contributed by atoms with E-state index in [0.29, 0.717) is 6.42 Å². The molecule has 1 rings (SSSR count). The molecular formula is C9H17BrO6. The summed E-state index contributed by atoms with van der Waals surface area (Å²) in [5.74, 6) is 0. The number of ether oxygens (including phenoxy) is 2. The quantitative estimate of drug-likeness (QED) is 0.494. The van der Waals surface area contributed by atoms with Crippen LogP contribution in [0, 0.1) is 0 Å². The van der Waals surface area contributed by atoms with E-state index in [1.54, 1.807) is 0 Å². The first kappa shape index (κ1) is 14.3. The SMILES string of the molecule is CCC(Br)OC1O[C@H](CO)[C@@H](O)[C@H](O)[C@@H]1O. The molecule has 1 aliphatic heterocycles. The molecule has 1 fully saturated rings. The van der Waals surface area contributed by atoms with Crippen LogP contribution in [0.4, 0.5) is 0 Å². The van der Waals surface area contributed by atoms with Crippen molar-refractivity contribution in [1.29, 1.82) is 0 Å². The number of alkyl halides is 1. The van der Waals surface area contributed by atoms with Crippen LogP contribution in [0.5, 0.6) is 0 Å². The summed E-state index contributed by atoms with van der Waals surface area (Å²) in [5, 5.41) is 37.2. The smallest absolute Gasteiger partial charge is 0.188 e. The molecule has 0 saturated carbocycles. The van der Waals surface area contributed by atoms with Crippen LogP contribution in [0.1, 0.15) is 13.3 Å². The summed E-state index contributed by atoms with van der Waals surface area (Å²) < 4.78 is 10.4. The highest BCUT2D eigenvalue weighted by molar-refractivity contribution is 9.09. The average Bonchev–Trinajstić information content (AvgIpc) is 2.29. The van der Waals surface area contributed by atoms with Gasteiger partial charge >= 0.3 is 0 Å². The van der Waals surface area contributed by atoms with Gasteiger partial charge in [-0.1, -0.05) is 22.9 Å². The third kappa shape index (κ3) is 3.13. The Morgan fingerprint density at radius 1 is 1.25 bits per heavy atom. The zero-order valence-electron chi connectivity index (χ0n) is 8.86. The van der Waals surface area contributed by atoms with Crippen LogP contribution >= 0.6 is 15.9 Å². The van der Waals surface area contributed by atoms with Crippen LogP contribution in [-0.2, 0) is 9.47 Å². The fourth-order valence-electron chi connectivity index (χ4n) is 1.42. The number of aliphatic hydroxyl groups is 4. The molecule has 96 valence electrons. The number of aliphatic hydroxyl groups excluding tert-OH is 4. The zero-order valence-corrected chi connectivity index (χ0v) is 10.4. The Labute approximate surface area is 102 Å². The topological polar surface area (TPSA) is 99.4 Å². The molecule has 16 heavy (non-hydrogen) atoms. The second-order valence-corrected chi connectivity index (χ2v) is 4.67. The van der Waals surface area contributed by atoms with Crippen molar-refractivity contribution in [3.63, 3.8) is 0 Å². The molecule has 4 N–H and O–H groups in total. The minimum atomic E-state index is -1.40. The molecule has 0 aromatic heterocycles. The van der Waals surface area contributed by atoms with Gasteiger partial charge in [0.2, 0.25) is 0 Å². The molecule has 0 aromatic carbocycles. The summed E-state index contributed by atoms with van der Waals surface area (Å²) in [6, 6.07) is 0. The van der Waals surface area contributed by atoms with Crippen molar-refractivity contribution in [2.45, 2.75) is 49.1 Å². The summed E-state index contributed by atoms with van der Waals surface area (Å²) in [7, 11) is 0. The van der Waals surface area contributed by atoms with Crippen LogP contribution in [0.15, 0.2) is 0 Å². The third-order valence-electron chi connectivity index (χ3n) is 2.45. The molecular weight excluding hydrogens is 284 g/mol. The van der Waals surface area contributed by atoms with Gasteiger partial charge in [0.15, 0.2) is 6.29 Å². The Morgan fingerprint density at radius 2 is 1.88 bits per heavy atom. The van der Waals surface area contributed by atoms with E-state index in [1.165, 1.54) is 0 Å². The van der Waals surface area contributed by atoms with Gasteiger partial charge in [-0.3, -0.25) is 0 Å². The lowest BCUT2D eigenvalue weighted by atomic mass is 9.99. The van der Waals surface area contributed by atoms with E-state index < -0.39 is 37.3 Å². The Kier molecular flexibility index (Phi) is 5.58. The van der Waals surface area contributed by atoms with Crippen molar-refractivity contribution in [2.75, 3.05) is 6.61 Å². The first-order chi connectivity index (χ1) is 7.51. The van der Waals surface area contributed by atoms with Gasteiger partial charge in [-0.15, -0.1) is 0 Å². The molecule has 0 aliphatic carbocycles. The second kappa shape index (κ2) is 6.25. The molecule has 2 unspecified atom stereocenters. The van der Waals surface area contributed by atoms with Gasteiger partial charge in [0.05, 0.1) is 6.61 Å². The molecule has 7 heteroatoms. The van der Waals surface area contributed by atoms with Crippen molar-refractivity contribution in [1.82, 2.24) is 0 Å². The summed E-state index contributed by atoms with van der Waals surface area (Å²) in [6.07, 6.45) is -5.44. The number of rotatable bonds is 4. The predicted molar refractivity (Wildman–Crippen MR) is 57.9 cm³/mol. The van der Waals surface area contributed by atoms with Crippen molar-refractivity contribution in [2.24, 2.45) is 0 Å². The van der Waals surface area contributed by atoms with Crippen molar-refractivity contribution in [3.05, 3.63) is 0 Å². The van der Waals surface area contributed by atoms with Gasteiger partial charge in [0.1, 0.15) is 29.4 Å². The monoisotopic (exact) mass is 300 g/mol. The largest absolute Gasteiger partial charge is 0.394 e. The second-order valence-electron chi connectivity index (χ2n) is 3.65. The van der Waals surface area contributed by atoms with Crippen LogP contribution < -0.4 is 0 Å². The van der Waals surface area contributed by atoms with E-state index in [0.717, 1.165) is 0 Å². The molecule has 0 bridgehead atoms.